The number of thiophene rings is 1. The van der Waals surface area contributed by atoms with Gasteiger partial charge in [0.05, 0.1) is 19.3 Å². The van der Waals surface area contributed by atoms with E-state index in [9.17, 15) is 0 Å². The van der Waals surface area contributed by atoms with Crippen molar-refractivity contribution in [2.45, 2.75) is 19.9 Å². The number of nitrogens with one attached hydrogen (secondary N) is 1. The Bertz CT molecular complexity index is 510. The van der Waals surface area contributed by atoms with Crippen LogP contribution in [0.1, 0.15) is 28.3 Å². The maximum atomic E-state index is 5.24. The number of nitrogens with zero attached hydrogens (tertiary/aromatic N) is 1. The normalized spacial score (nSPS) is 12.4. The van der Waals surface area contributed by atoms with E-state index in [-0.39, 0.29) is 6.04 Å². The minimum atomic E-state index is 0.191. The number of aryl methyl sites for hydroxylation is 1. The number of hydrogen-bond donors (Lipinski definition) is 1. The molecule has 0 radical (unpaired) electrons. The zero-order chi connectivity index (χ0) is 13.0. The van der Waals surface area contributed by atoms with Crippen LogP contribution in [0.5, 0.6) is 5.75 Å². The maximum absolute atomic E-state index is 5.24. The van der Waals surface area contributed by atoms with Gasteiger partial charge in [0.25, 0.3) is 0 Å². The van der Waals surface area contributed by atoms with Gasteiger partial charge in [0.2, 0.25) is 0 Å². The molecule has 0 fully saturated rings. The molecule has 1 atom stereocenters. The lowest BCUT2D eigenvalue weighted by atomic mass is 10.1. The Morgan fingerprint density at radius 3 is 2.83 bits per heavy atom. The highest BCUT2D eigenvalue weighted by atomic mass is 32.1. The highest BCUT2D eigenvalue weighted by Crippen LogP contribution is 2.29. The molecular formula is C14H18N2OS. The van der Waals surface area contributed by atoms with Gasteiger partial charge in [-0.05, 0) is 37.2 Å². The van der Waals surface area contributed by atoms with Crippen LogP contribution in [0.4, 0.5) is 0 Å². The van der Waals surface area contributed by atoms with E-state index in [4.69, 9.17) is 4.74 Å². The van der Waals surface area contributed by atoms with Gasteiger partial charge < -0.3 is 10.1 Å². The number of pyridine rings is 1. The Hall–Kier alpha value is -1.39. The van der Waals surface area contributed by atoms with Crippen LogP contribution in [-0.2, 0) is 0 Å². The number of rotatable bonds is 5. The van der Waals surface area contributed by atoms with E-state index in [1.165, 1.54) is 9.75 Å². The highest BCUT2D eigenvalue weighted by molar-refractivity contribution is 7.12. The van der Waals surface area contributed by atoms with E-state index < -0.39 is 0 Å². The van der Waals surface area contributed by atoms with Gasteiger partial charge in [0.1, 0.15) is 5.75 Å². The SMILES string of the molecule is CCNC(c1cncc(OC)c1)c1ccc(C)s1. The molecule has 0 bridgehead atoms. The van der Waals surface area contributed by atoms with E-state index >= 15 is 0 Å². The molecule has 0 amide bonds. The van der Waals surface area contributed by atoms with Crippen LogP contribution >= 0.6 is 11.3 Å². The Morgan fingerprint density at radius 1 is 1.39 bits per heavy atom. The average molecular weight is 262 g/mol. The molecule has 2 aromatic heterocycles. The first kappa shape index (κ1) is 13.1. The van der Waals surface area contributed by atoms with Crippen LogP contribution in [-0.4, -0.2) is 18.6 Å². The first-order valence-electron chi connectivity index (χ1n) is 6.03. The maximum Gasteiger partial charge on any atom is 0.137 e. The van der Waals surface area contributed by atoms with Crippen molar-refractivity contribution in [1.82, 2.24) is 10.3 Å². The first-order chi connectivity index (χ1) is 8.74. The van der Waals surface area contributed by atoms with E-state index in [2.05, 4.69) is 36.3 Å². The Labute approximate surface area is 112 Å². The fourth-order valence-corrected chi connectivity index (χ4v) is 2.88. The molecule has 0 spiro atoms. The summed E-state index contributed by atoms with van der Waals surface area (Å²) in [7, 11) is 1.67. The summed E-state index contributed by atoms with van der Waals surface area (Å²) in [6, 6.07) is 6.55. The molecule has 3 nitrogen and oxygen atoms in total. The lowest BCUT2D eigenvalue weighted by molar-refractivity contribution is 0.411. The predicted molar refractivity (Wildman–Crippen MR) is 75.4 cm³/mol. The number of aromatic nitrogens is 1. The van der Waals surface area contributed by atoms with Gasteiger partial charge >= 0.3 is 0 Å². The lowest BCUT2D eigenvalue weighted by Crippen LogP contribution is -2.21. The third-order valence-corrected chi connectivity index (χ3v) is 3.82. The summed E-state index contributed by atoms with van der Waals surface area (Å²) >= 11 is 1.81. The largest absolute Gasteiger partial charge is 0.495 e. The van der Waals surface area contributed by atoms with Gasteiger partial charge in [0, 0.05) is 16.0 Å². The molecule has 18 heavy (non-hydrogen) atoms. The van der Waals surface area contributed by atoms with Crippen molar-refractivity contribution in [2.24, 2.45) is 0 Å². The molecule has 1 N–H and O–H groups in total. The second-order valence-electron chi connectivity index (χ2n) is 4.10. The molecule has 0 aliphatic carbocycles. The van der Waals surface area contributed by atoms with E-state index in [0.717, 1.165) is 17.9 Å². The highest BCUT2D eigenvalue weighted by Gasteiger charge is 2.15. The Morgan fingerprint density at radius 2 is 2.22 bits per heavy atom. The summed E-state index contributed by atoms with van der Waals surface area (Å²) in [5.41, 5.74) is 1.14. The molecule has 0 saturated carbocycles. The van der Waals surface area contributed by atoms with Crippen LogP contribution < -0.4 is 10.1 Å². The van der Waals surface area contributed by atoms with Crippen molar-refractivity contribution in [2.75, 3.05) is 13.7 Å². The van der Waals surface area contributed by atoms with Gasteiger partial charge in [-0.25, -0.2) is 0 Å². The fourth-order valence-electron chi connectivity index (χ4n) is 1.90. The van der Waals surface area contributed by atoms with Crippen molar-refractivity contribution in [3.05, 3.63) is 45.9 Å². The standard InChI is InChI=1S/C14H18N2OS/c1-4-16-14(13-6-5-10(2)18-13)11-7-12(17-3)9-15-8-11/h5-9,14,16H,4H2,1-3H3. The second-order valence-corrected chi connectivity index (χ2v) is 5.42. The molecule has 0 saturated heterocycles. The molecule has 0 aromatic carbocycles. The summed E-state index contributed by atoms with van der Waals surface area (Å²) in [5.74, 6) is 0.795. The average Bonchev–Trinajstić information content (AvgIpc) is 2.82. The topological polar surface area (TPSA) is 34.2 Å². The molecule has 0 aliphatic rings. The van der Waals surface area contributed by atoms with E-state index in [1.54, 1.807) is 13.3 Å². The zero-order valence-electron chi connectivity index (χ0n) is 10.9. The Balaban J connectivity index is 2.34. The quantitative estimate of drug-likeness (QED) is 0.898. The summed E-state index contributed by atoms with van der Waals surface area (Å²) in [5, 5.41) is 3.49. The van der Waals surface area contributed by atoms with Gasteiger partial charge in [-0.2, -0.15) is 0 Å². The van der Waals surface area contributed by atoms with Crippen molar-refractivity contribution < 1.29 is 4.74 Å². The molecule has 2 aromatic rings. The predicted octanol–water partition coefficient (Wildman–Crippen LogP) is 3.16. The minimum Gasteiger partial charge on any atom is -0.495 e. The molecule has 2 heterocycles. The molecule has 4 heteroatoms. The van der Waals surface area contributed by atoms with Crippen LogP contribution in [0.2, 0.25) is 0 Å². The summed E-state index contributed by atoms with van der Waals surface area (Å²) in [6.45, 7) is 5.15. The molecule has 2 rings (SSSR count). The third-order valence-electron chi connectivity index (χ3n) is 2.76. The molecule has 96 valence electrons. The smallest absolute Gasteiger partial charge is 0.137 e. The summed E-state index contributed by atoms with van der Waals surface area (Å²) in [4.78, 5) is 6.86. The van der Waals surface area contributed by atoms with Crippen LogP contribution in [0.25, 0.3) is 0 Å². The van der Waals surface area contributed by atoms with Crippen molar-refractivity contribution in [3.63, 3.8) is 0 Å². The number of methoxy groups -OCH3 is 1. The summed E-state index contributed by atoms with van der Waals surface area (Å²) in [6.07, 6.45) is 3.62. The lowest BCUT2D eigenvalue weighted by Gasteiger charge is -2.17. The molecule has 1 unspecified atom stereocenters. The van der Waals surface area contributed by atoms with Crippen LogP contribution in [0.3, 0.4) is 0 Å². The van der Waals surface area contributed by atoms with Crippen molar-refractivity contribution in [3.8, 4) is 5.75 Å². The van der Waals surface area contributed by atoms with Crippen LogP contribution in [0, 0.1) is 6.92 Å². The van der Waals surface area contributed by atoms with E-state index in [0.29, 0.717) is 0 Å². The van der Waals surface area contributed by atoms with Gasteiger partial charge in [-0.3, -0.25) is 4.98 Å². The van der Waals surface area contributed by atoms with E-state index in [1.807, 2.05) is 23.6 Å². The Kier molecular flexibility index (Phi) is 4.33. The molecule has 0 aliphatic heterocycles. The second kappa shape index (κ2) is 5.98. The van der Waals surface area contributed by atoms with Gasteiger partial charge in [-0.15, -0.1) is 11.3 Å². The van der Waals surface area contributed by atoms with Gasteiger partial charge in [-0.1, -0.05) is 6.92 Å². The number of hydrogen-bond acceptors (Lipinski definition) is 4. The first-order valence-corrected chi connectivity index (χ1v) is 6.85. The number of ether oxygens (including phenoxy) is 1. The minimum absolute atomic E-state index is 0.191. The zero-order valence-corrected chi connectivity index (χ0v) is 11.8. The fraction of sp³-hybridized carbons (Fsp3) is 0.357. The molecular weight excluding hydrogens is 244 g/mol. The van der Waals surface area contributed by atoms with Gasteiger partial charge in [0.15, 0.2) is 0 Å². The van der Waals surface area contributed by atoms with Crippen molar-refractivity contribution in [1.29, 1.82) is 0 Å². The van der Waals surface area contributed by atoms with Crippen LogP contribution in [0.15, 0.2) is 30.6 Å². The summed E-state index contributed by atoms with van der Waals surface area (Å²) < 4.78 is 5.24. The third kappa shape index (κ3) is 2.89. The monoisotopic (exact) mass is 262 g/mol. The van der Waals surface area contributed by atoms with Crippen molar-refractivity contribution >= 4 is 11.3 Å².